The van der Waals surface area contributed by atoms with E-state index in [9.17, 15) is 13.2 Å². The van der Waals surface area contributed by atoms with Crippen molar-refractivity contribution < 1.29 is 18.3 Å². The van der Waals surface area contributed by atoms with Gasteiger partial charge in [0.1, 0.15) is 5.82 Å². The first-order valence-electron chi connectivity index (χ1n) is 5.57. The third-order valence-electron chi connectivity index (χ3n) is 2.22. The molecule has 7 nitrogen and oxygen atoms in total. The highest BCUT2D eigenvalue weighted by Crippen LogP contribution is 2.15. The van der Waals surface area contributed by atoms with Gasteiger partial charge in [0, 0.05) is 18.5 Å². The van der Waals surface area contributed by atoms with E-state index < -0.39 is 16.0 Å². The molecule has 0 radical (unpaired) electrons. The van der Waals surface area contributed by atoms with Gasteiger partial charge in [0.05, 0.1) is 11.9 Å². The molecule has 0 atom stereocenters. The number of aromatic nitrogens is 2. The Balaban J connectivity index is 2.65. The van der Waals surface area contributed by atoms with Gasteiger partial charge in [-0.25, -0.2) is 13.1 Å². The van der Waals surface area contributed by atoms with Crippen molar-refractivity contribution in [3.05, 3.63) is 12.3 Å². The highest BCUT2D eigenvalue weighted by Gasteiger charge is 2.15. The first kappa shape index (κ1) is 14.5. The van der Waals surface area contributed by atoms with Crippen molar-refractivity contribution in [3.63, 3.8) is 0 Å². The monoisotopic (exact) mass is 275 g/mol. The molecule has 8 heteroatoms. The van der Waals surface area contributed by atoms with Crippen molar-refractivity contribution in [2.24, 2.45) is 0 Å². The van der Waals surface area contributed by atoms with E-state index in [1.165, 1.54) is 6.20 Å². The molecule has 0 aromatic carbocycles. The van der Waals surface area contributed by atoms with Gasteiger partial charge < -0.3 is 5.11 Å². The largest absolute Gasteiger partial charge is 0.481 e. The van der Waals surface area contributed by atoms with E-state index in [1.807, 2.05) is 13.8 Å². The normalized spacial score (nSPS) is 11.7. The third-order valence-corrected chi connectivity index (χ3v) is 3.57. The van der Waals surface area contributed by atoms with Crippen LogP contribution in [0.4, 0.5) is 5.82 Å². The van der Waals surface area contributed by atoms with Gasteiger partial charge in [-0.2, -0.15) is 5.10 Å². The zero-order valence-electron chi connectivity index (χ0n) is 10.3. The smallest absolute Gasteiger partial charge is 0.303 e. The van der Waals surface area contributed by atoms with Crippen LogP contribution in [-0.4, -0.2) is 35.0 Å². The summed E-state index contributed by atoms with van der Waals surface area (Å²) in [6.07, 6.45) is 1.43. The molecule has 1 rings (SSSR count). The third kappa shape index (κ3) is 4.36. The molecule has 0 unspecified atom stereocenters. The predicted octanol–water partition coefficient (Wildman–Crippen LogP) is 1.07. The van der Waals surface area contributed by atoms with Gasteiger partial charge in [0.2, 0.25) is 10.0 Å². The number of rotatable bonds is 7. The van der Waals surface area contributed by atoms with E-state index in [2.05, 4.69) is 9.82 Å². The summed E-state index contributed by atoms with van der Waals surface area (Å²) in [6, 6.07) is 1.60. The van der Waals surface area contributed by atoms with Crippen molar-refractivity contribution in [3.8, 4) is 0 Å². The lowest BCUT2D eigenvalue weighted by atomic mass is 10.3. The molecule has 1 heterocycles. The van der Waals surface area contributed by atoms with Crippen LogP contribution in [0.5, 0.6) is 0 Å². The van der Waals surface area contributed by atoms with Crippen LogP contribution >= 0.6 is 0 Å². The molecule has 0 spiro atoms. The van der Waals surface area contributed by atoms with E-state index in [0.29, 0.717) is 5.82 Å². The fourth-order valence-corrected chi connectivity index (χ4v) is 2.54. The molecule has 0 amide bonds. The summed E-state index contributed by atoms with van der Waals surface area (Å²) in [5.41, 5.74) is 0. The van der Waals surface area contributed by atoms with Crippen molar-refractivity contribution in [1.82, 2.24) is 9.78 Å². The highest BCUT2D eigenvalue weighted by atomic mass is 32.2. The summed E-state index contributed by atoms with van der Waals surface area (Å²) in [5.74, 6) is -0.833. The first-order chi connectivity index (χ1) is 8.32. The van der Waals surface area contributed by atoms with E-state index in [1.54, 1.807) is 10.7 Å². The van der Waals surface area contributed by atoms with Gasteiger partial charge in [-0.05, 0) is 20.3 Å². The summed E-state index contributed by atoms with van der Waals surface area (Å²) in [7, 11) is -3.53. The van der Waals surface area contributed by atoms with Crippen LogP contribution in [0.2, 0.25) is 0 Å². The molecular formula is C10H17N3O4S. The second kappa shape index (κ2) is 5.85. The number of sulfonamides is 1. The van der Waals surface area contributed by atoms with E-state index in [-0.39, 0.29) is 24.6 Å². The van der Waals surface area contributed by atoms with Crippen LogP contribution in [0.15, 0.2) is 12.3 Å². The molecule has 0 saturated carbocycles. The zero-order chi connectivity index (χ0) is 13.8. The number of nitrogens with one attached hydrogen (secondary N) is 1. The van der Waals surface area contributed by atoms with E-state index >= 15 is 0 Å². The predicted molar refractivity (Wildman–Crippen MR) is 66.9 cm³/mol. The van der Waals surface area contributed by atoms with Crippen LogP contribution in [-0.2, 0) is 14.8 Å². The molecule has 2 N–H and O–H groups in total. The second-order valence-corrected chi connectivity index (χ2v) is 6.01. The standard InChI is InChI=1S/C10H17N3O4S/c1-8(2)13-9(5-6-11-13)12-18(16,17)7-3-4-10(14)15/h5-6,8,12H,3-4,7H2,1-2H3,(H,14,15). The van der Waals surface area contributed by atoms with E-state index in [0.717, 1.165) is 0 Å². The topological polar surface area (TPSA) is 101 Å². The Morgan fingerprint density at radius 1 is 1.56 bits per heavy atom. The van der Waals surface area contributed by atoms with Gasteiger partial charge in [0.25, 0.3) is 0 Å². The number of anilines is 1. The fraction of sp³-hybridized carbons (Fsp3) is 0.600. The van der Waals surface area contributed by atoms with Crippen LogP contribution in [0.1, 0.15) is 32.7 Å². The zero-order valence-corrected chi connectivity index (χ0v) is 11.1. The molecule has 1 aromatic heterocycles. The fourth-order valence-electron chi connectivity index (χ4n) is 1.43. The maximum atomic E-state index is 11.7. The average Bonchev–Trinajstić information content (AvgIpc) is 2.63. The van der Waals surface area contributed by atoms with Crippen molar-refractivity contribution in [2.75, 3.05) is 10.5 Å². The number of carbonyl (C=O) groups is 1. The molecule has 0 aliphatic rings. The lowest BCUT2D eigenvalue weighted by molar-refractivity contribution is -0.137. The molecule has 0 fully saturated rings. The number of nitrogens with zero attached hydrogens (tertiary/aromatic N) is 2. The summed E-state index contributed by atoms with van der Waals surface area (Å²) in [4.78, 5) is 10.3. The maximum Gasteiger partial charge on any atom is 0.303 e. The van der Waals surface area contributed by atoms with Crippen molar-refractivity contribution in [2.45, 2.75) is 32.7 Å². The summed E-state index contributed by atoms with van der Waals surface area (Å²) in [5, 5.41) is 12.5. The minimum Gasteiger partial charge on any atom is -0.481 e. The summed E-state index contributed by atoms with van der Waals surface area (Å²) >= 11 is 0. The maximum absolute atomic E-state index is 11.7. The Bertz CT molecular complexity index is 507. The minimum atomic E-state index is -3.53. The highest BCUT2D eigenvalue weighted by molar-refractivity contribution is 7.92. The minimum absolute atomic E-state index is 0.0386. The van der Waals surface area contributed by atoms with Crippen molar-refractivity contribution >= 4 is 21.8 Å². The van der Waals surface area contributed by atoms with Crippen LogP contribution in [0.3, 0.4) is 0 Å². The number of hydrogen-bond donors (Lipinski definition) is 2. The van der Waals surface area contributed by atoms with Gasteiger partial charge in [-0.1, -0.05) is 0 Å². The molecule has 18 heavy (non-hydrogen) atoms. The number of aliphatic carboxylic acids is 1. The molecule has 0 aliphatic carbocycles. The Kier molecular flexibility index (Phi) is 4.71. The lowest BCUT2D eigenvalue weighted by Crippen LogP contribution is -2.20. The van der Waals surface area contributed by atoms with E-state index in [4.69, 9.17) is 5.11 Å². The average molecular weight is 275 g/mol. The number of hydrogen-bond acceptors (Lipinski definition) is 4. The quantitative estimate of drug-likeness (QED) is 0.775. The lowest BCUT2D eigenvalue weighted by Gasteiger charge is -2.12. The van der Waals surface area contributed by atoms with Crippen molar-refractivity contribution in [1.29, 1.82) is 0 Å². The van der Waals surface area contributed by atoms with Crippen LogP contribution in [0.25, 0.3) is 0 Å². The molecule has 0 aliphatic heterocycles. The molecule has 102 valence electrons. The molecule has 1 aromatic rings. The van der Waals surface area contributed by atoms with Gasteiger partial charge in [-0.3, -0.25) is 9.52 Å². The molecule has 0 saturated heterocycles. The van der Waals surface area contributed by atoms with Crippen LogP contribution in [0, 0.1) is 0 Å². The molecule has 0 bridgehead atoms. The van der Waals surface area contributed by atoms with Gasteiger partial charge in [0.15, 0.2) is 0 Å². The Hall–Kier alpha value is -1.57. The first-order valence-corrected chi connectivity index (χ1v) is 7.23. The SMILES string of the molecule is CC(C)n1nccc1NS(=O)(=O)CCCC(=O)O. The second-order valence-electron chi connectivity index (χ2n) is 4.17. The van der Waals surface area contributed by atoms with Gasteiger partial charge in [-0.15, -0.1) is 0 Å². The number of carboxylic acids is 1. The van der Waals surface area contributed by atoms with Crippen LogP contribution < -0.4 is 4.72 Å². The Labute approximate surface area is 106 Å². The molecular weight excluding hydrogens is 258 g/mol. The Morgan fingerprint density at radius 3 is 2.78 bits per heavy atom. The number of carboxylic acid groups (broad SMARTS) is 1. The van der Waals surface area contributed by atoms with Gasteiger partial charge >= 0.3 is 5.97 Å². The Morgan fingerprint density at radius 2 is 2.22 bits per heavy atom. The summed E-state index contributed by atoms with van der Waals surface area (Å²) < 4.78 is 27.4. The summed E-state index contributed by atoms with van der Waals surface area (Å²) in [6.45, 7) is 3.77.